The van der Waals surface area contributed by atoms with Gasteiger partial charge in [-0.25, -0.2) is 0 Å². The third kappa shape index (κ3) is 3.88. The van der Waals surface area contributed by atoms with E-state index in [1.807, 2.05) is 54.1 Å². The minimum absolute atomic E-state index is 0.133. The Hall–Kier alpha value is -2.38. The summed E-state index contributed by atoms with van der Waals surface area (Å²) in [4.78, 5) is 13.0. The van der Waals surface area contributed by atoms with Gasteiger partial charge in [-0.05, 0) is 36.4 Å². The van der Waals surface area contributed by atoms with Gasteiger partial charge in [-0.15, -0.1) is 11.3 Å². The lowest BCUT2D eigenvalue weighted by Crippen LogP contribution is -2.10. The summed E-state index contributed by atoms with van der Waals surface area (Å²) in [5.74, 6) is -0.133. The summed E-state index contributed by atoms with van der Waals surface area (Å²) in [5, 5.41) is 12.7. The van der Waals surface area contributed by atoms with Gasteiger partial charge in [0.05, 0.1) is 10.6 Å². The molecular weight excluding hydrogens is 328 g/mol. The van der Waals surface area contributed by atoms with Gasteiger partial charge in [0.25, 0.3) is 5.91 Å². The van der Waals surface area contributed by atoms with E-state index < -0.39 is 0 Å². The molecule has 5 nitrogen and oxygen atoms in total. The highest BCUT2D eigenvalue weighted by Crippen LogP contribution is 2.25. The normalized spacial score (nSPS) is 10.3. The van der Waals surface area contributed by atoms with Gasteiger partial charge >= 0.3 is 0 Å². The molecule has 2 N–H and O–H groups in total. The largest absolute Gasteiger partial charge is 0.330 e. The summed E-state index contributed by atoms with van der Waals surface area (Å²) in [6.07, 6.45) is 3.57. The fourth-order valence-corrected chi connectivity index (χ4v) is 3.17. The van der Waals surface area contributed by atoms with Crippen LogP contribution in [-0.4, -0.2) is 22.4 Å². The Kier molecular flexibility index (Phi) is 4.89. The van der Waals surface area contributed by atoms with E-state index in [1.165, 1.54) is 23.3 Å². The fraction of sp³-hybridized carbons (Fsp3) is 0.0625. The lowest BCUT2D eigenvalue weighted by molar-refractivity contribution is 0.103. The zero-order valence-corrected chi connectivity index (χ0v) is 13.9. The SMILES string of the molecule is CSNc1cccc(NC(=O)c2cc(-c3cccnn3)cs2)c1. The number of thiophene rings is 1. The van der Waals surface area contributed by atoms with Crippen LogP contribution in [0, 0.1) is 0 Å². The third-order valence-electron chi connectivity index (χ3n) is 3.03. The average Bonchev–Trinajstić information content (AvgIpc) is 3.06. The lowest BCUT2D eigenvalue weighted by Gasteiger charge is -2.06. The van der Waals surface area contributed by atoms with Gasteiger partial charge in [0.15, 0.2) is 0 Å². The Balaban J connectivity index is 1.74. The molecule has 23 heavy (non-hydrogen) atoms. The minimum Gasteiger partial charge on any atom is -0.330 e. The molecule has 0 unspecified atom stereocenters. The van der Waals surface area contributed by atoms with E-state index in [1.54, 1.807) is 6.20 Å². The summed E-state index contributed by atoms with van der Waals surface area (Å²) in [6.45, 7) is 0. The maximum absolute atomic E-state index is 12.4. The van der Waals surface area contributed by atoms with Crippen molar-refractivity contribution in [1.29, 1.82) is 0 Å². The van der Waals surface area contributed by atoms with Crippen LogP contribution in [0.15, 0.2) is 54.0 Å². The molecule has 0 aliphatic carbocycles. The van der Waals surface area contributed by atoms with Crippen molar-refractivity contribution in [2.45, 2.75) is 0 Å². The molecule has 0 saturated carbocycles. The van der Waals surface area contributed by atoms with Crippen molar-refractivity contribution in [3.05, 3.63) is 58.9 Å². The van der Waals surface area contributed by atoms with Crippen LogP contribution in [0.2, 0.25) is 0 Å². The van der Waals surface area contributed by atoms with E-state index in [9.17, 15) is 4.79 Å². The summed E-state index contributed by atoms with van der Waals surface area (Å²) < 4.78 is 3.14. The molecule has 0 saturated heterocycles. The Morgan fingerprint density at radius 1 is 1.17 bits per heavy atom. The molecule has 3 rings (SSSR count). The quantitative estimate of drug-likeness (QED) is 0.682. The Bertz CT molecular complexity index is 805. The number of anilines is 2. The fourth-order valence-electron chi connectivity index (χ4n) is 2.02. The van der Waals surface area contributed by atoms with Crippen molar-refractivity contribution in [3.63, 3.8) is 0 Å². The van der Waals surface area contributed by atoms with Crippen molar-refractivity contribution in [1.82, 2.24) is 10.2 Å². The predicted octanol–water partition coefficient (Wildman–Crippen LogP) is 4.15. The second kappa shape index (κ2) is 7.26. The monoisotopic (exact) mass is 342 g/mol. The van der Waals surface area contributed by atoms with Gasteiger partial charge in [0, 0.05) is 34.8 Å². The molecular formula is C16H14N4OS2. The molecule has 0 aliphatic heterocycles. The number of rotatable bonds is 5. The standard InChI is InChI=1S/C16H14N4OS2/c1-22-20-13-5-2-4-12(9-13)18-16(21)15-8-11(10-23-15)14-6-3-7-17-19-14/h2-10,20H,1H3,(H,18,21). The molecule has 0 aliphatic rings. The maximum atomic E-state index is 12.4. The lowest BCUT2D eigenvalue weighted by atomic mass is 10.2. The van der Waals surface area contributed by atoms with Crippen molar-refractivity contribution in [3.8, 4) is 11.3 Å². The van der Waals surface area contributed by atoms with E-state index >= 15 is 0 Å². The van der Waals surface area contributed by atoms with E-state index in [4.69, 9.17) is 0 Å². The molecule has 2 aromatic heterocycles. The van der Waals surface area contributed by atoms with Gasteiger partial charge in [-0.2, -0.15) is 10.2 Å². The Morgan fingerprint density at radius 2 is 2.04 bits per heavy atom. The predicted molar refractivity (Wildman–Crippen MR) is 96.9 cm³/mol. The van der Waals surface area contributed by atoms with Gasteiger partial charge in [0.2, 0.25) is 0 Å². The summed E-state index contributed by atoms with van der Waals surface area (Å²) in [5.41, 5.74) is 3.35. The van der Waals surface area contributed by atoms with E-state index in [0.717, 1.165) is 22.6 Å². The zero-order valence-electron chi connectivity index (χ0n) is 12.3. The van der Waals surface area contributed by atoms with Gasteiger partial charge in [0.1, 0.15) is 0 Å². The summed E-state index contributed by atoms with van der Waals surface area (Å²) in [6, 6.07) is 13.1. The molecule has 1 aromatic carbocycles. The first-order chi connectivity index (χ1) is 11.3. The van der Waals surface area contributed by atoms with Crippen molar-refractivity contribution < 1.29 is 4.79 Å². The number of hydrogen-bond acceptors (Lipinski definition) is 6. The Morgan fingerprint density at radius 3 is 2.83 bits per heavy atom. The van der Waals surface area contributed by atoms with Crippen LogP contribution in [0.5, 0.6) is 0 Å². The zero-order chi connectivity index (χ0) is 16.1. The number of aromatic nitrogens is 2. The first kappa shape index (κ1) is 15.5. The molecule has 116 valence electrons. The van der Waals surface area contributed by atoms with Crippen LogP contribution in [0.3, 0.4) is 0 Å². The molecule has 0 radical (unpaired) electrons. The van der Waals surface area contributed by atoms with Gasteiger partial charge < -0.3 is 10.0 Å². The second-order valence-corrected chi connectivity index (χ2v) is 6.17. The van der Waals surface area contributed by atoms with Crippen LogP contribution in [0.4, 0.5) is 11.4 Å². The van der Waals surface area contributed by atoms with Crippen LogP contribution in [-0.2, 0) is 0 Å². The maximum Gasteiger partial charge on any atom is 0.265 e. The van der Waals surface area contributed by atoms with Crippen LogP contribution in [0.1, 0.15) is 9.67 Å². The number of amides is 1. The average molecular weight is 342 g/mol. The van der Waals surface area contributed by atoms with E-state index in [0.29, 0.717) is 4.88 Å². The summed E-state index contributed by atoms with van der Waals surface area (Å²) >= 11 is 2.89. The van der Waals surface area contributed by atoms with Crippen LogP contribution < -0.4 is 10.0 Å². The second-order valence-electron chi connectivity index (χ2n) is 4.65. The van der Waals surface area contributed by atoms with Crippen molar-refractivity contribution in [2.75, 3.05) is 16.3 Å². The number of nitrogens with one attached hydrogen (secondary N) is 2. The highest BCUT2D eigenvalue weighted by molar-refractivity contribution is 7.99. The number of carbonyl (C=O) groups excluding carboxylic acids is 1. The molecule has 0 bridgehead atoms. The molecule has 0 fully saturated rings. The number of nitrogens with zero attached hydrogens (tertiary/aromatic N) is 2. The number of benzene rings is 1. The molecule has 1 amide bonds. The molecule has 0 atom stereocenters. The van der Waals surface area contributed by atoms with Crippen molar-refractivity contribution in [2.24, 2.45) is 0 Å². The van der Waals surface area contributed by atoms with E-state index in [2.05, 4.69) is 20.2 Å². The highest BCUT2D eigenvalue weighted by Gasteiger charge is 2.11. The smallest absolute Gasteiger partial charge is 0.265 e. The number of carbonyl (C=O) groups is 1. The molecule has 0 spiro atoms. The van der Waals surface area contributed by atoms with Crippen LogP contribution >= 0.6 is 23.3 Å². The number of hydrogen-bond donors (Lipinski definition) is 2. The minimum atomic E-state index is -0.133. The first-order valence-corrected chi connectivity index (χ1v) is 8.94. The van der Waals surface area contributed by atoms with Gasteiger partial charge in [-0.1, -0.05) is 18.0 Å². The molecule has 3 aromatic rings. The summed E-state index contributed by atoms with van der Waals surface area (Å²) in [7, 11) is 0. The highest BCUT2D eigenvalue weighted by atomic mass is 32.2. The van der Waals surface area contributed by atoms with Crippen molar-refractivity contribution >= 4 is 40.6 Å². The van der Waals surface area contributed by atoms with Gasteiger partial charge in [-0.3, -0.25) is 4.79 Å². The van der Waals surface area contributed by atoms with Crippen LogP contribution in [0.25, 0.3) is 11.3 Å². The molecule has 7 heteroatoms. The first-order valence-electron chi connectivity index (χ1n) is 6.83. The molecule has 2 heterocycles. The van der Waals surface area contributed by atoms with E-state index in [-0.39, 0.29) is 5.91 Å². The third-order valence-corrected chi connectivity index (χ3v) is 4.40. The Labute approximate surface area is 142 Å². The topological polar surface area (TPSA) is 66.9 Å².